The fraction of sp³-hybridized carbons (Fsp3) is 0.700. The van der Waals surface area contributed by atoms with Crippen LogP contribution in [-0.2, 0) is 4.79 Å². The van der Waals surface area contributed by atoms with Crippen molar-refractivity contribution in [2.75, 3.05) is 0 Å². The third-order valence-corrected chi connectivity index (χ3v) is 2.68. The first-order valence-corrected chi connectivity index (χ1v) is 4.56. The van der Waals surface area contributed by atoms with Crippen LogP contribution in [0.4, 0.5) is 0 Å². The second-order valence-corrected chi connectivity index (χ2v) is 4.16. The van der Waals surface area contributed by atoms with Gasteiger partial charge in [0.15, 0.2) is 0 Å². The molecular weight excluding hydrogens is 168 g/mol. The van der Waals surface area contributed by atoms with Crippen LogP contribution in [0, 0.1) is 5.92 Å². The number of carbonyl (C=O) groups is 1. The molecule has 1 rings (SSSR count). The lowest BCUT2D eigenvalue weighted by Gasteiger charge is -2.31. The van der Waals surface area contributed by atoms with Gasteiger partial charge in [0, 0.05) is 5.57 Å². The number of allylic oxidation sites excluding steroid dienone is 1. The molecule has 0 heterocycles. The maximum Gasteiger partial charge on any atom is 0.331 e. The fourth-order valence-electron chi connectivity index (χ4n) is 1.67. The van der Waals surface area contributed by atoms with Gasteiger partial charge in [0.05, 0.1) is 5.60 Å². The minimum Gasteiger partial charge on any atom is -0.478 e. The first-order chi connectivity index (χ1) is 5.91. The van der Waals surface area contributed by atoms with E-state index in [2.05, 4.69) is 0 Å². The van der Waals surface area contributed by atoms with Crippen molar-refractivity contribution < 1.29 is 15.0 Å². The lowest BCUT2D eigenvalue weighted by molar-refractivity contribution is -0.133. The number of aliphatic carboxylic acids is 1. The van der Waals surface area contributed by atoms with Gasteiger partial charge in [0.25, 0.3) is 0 Å². The SMILES string of the molecule is CC(C)(O)[C@H]1CC=C(C(=O)O)CC1. The average molecular weight is 184 g/mol. The Labute approximate surface area is 78.1 Å². The molecule has 0 saturated heterocycles. The largest absolute Gasteiger partial charge is 0.478 e. The Morgan fingerprint density at radius 2 is 2.23 bits per heavy atom. The Kier molecular flexibility index (Phi) is 2.76. The van der Waals surface area contributed by atoms with Crippen molar-refractivity contribution in [1.29, 1.82) is 0 Å². The van der Waals surface area contributed by atoms with Crippen LogP contribution in [0.25, 0.3) is 0 Å². The van der Waals surface area contributed by atoms with Crippen LogP contribution in [0.5, 0.6) is 0 Å². The van der Waals surface area contributed by atoms with E-state index in [0.29, 0.717) is 18.4 Å². The number of hydrogen-bond donors (Lipinski definition) is 2. The zero-order valence-corrected chi connectivity index (χ0v) is 8.08. The highest BCUT2D eigenvalue weighted by atomic mass is 16.4. The monoisotopic (exact) mass is 184 g/mol. The number of hydrogen-bond acceptors (Lipinski definition) is 2. The second-order valence-electron chi connectivity index (χ2n) is 4.16. The predicted molar refractivity (Wildman–Crippen MR) is 49.4 cm³/mol. The Morgan fingerprint density at radius 3 is 2.54 bits per heavy atom. The van der Waals surface area contributed by atoms with E-state index in [1.54, 1.807) is 19.9 Å². The van der Waals surface area contributed by atoms with Crippen LogP contribution in [0.15, 0.2) is 11.6 Å². The molecule has 0 aromatic rings. The van der Waals surface area contributed by atoms with E-state index in [9.17, 15) is 9.90 Å². The van der Waals surface area contributed by atoms with Gasteiger partial charge in [-0.05, 0) is 39.0 Å². The minimum atomic E-state index is -0.825. The molecule has 1 aliphatic rings. The summed E-state index contributed by atoms with van der Waals surface area (Å²) in [5, 5.41) is 18.4. The predicted octanol–water partition coefficient (Wildman–Crippen LogP) is 1.57. The van der Waals surface area contributed by atoms with E-state index >= 15 is 0 Å². The van der Waals surface area contributed by atoms with Crippen molar-refractivity contribution in [3.05, 3.63) is 11.6 Å². The lowest BCUT2D eigenvalue weighted by Crippen LogP contribution is -2.32. The maximum absolute atomic E-state index is 10.6. The molecule has 0 saturated carbocycles. The summed E-state index contributed by atoms with van der Waals surface area (Å²) in [6.07, 6.45) is 3.74. The molecule has 0 amide bonds. The fourth-order valence-corrected chi connectivity index (χ4v) is 1.67. The molecule has 0 bridgehead atoms. The smallest absolute Gasteiger partial charge is 0.331 e. The highest BCUT2D eigenvalue weighted by Crippen LogP contribution is 2.31. The summed E-state index contributed by atoms with van der Waals surface area (Å²) in [4.78, 5) is 10.6. The molecule has 0 fully saturated rings. The molecule has 1 atom stereocenters. The van der Waals surface area contributed by atoms with E-state index in [4.69, 9.17) is 5.11 Å². The molecule has 0 aromatic carbocycles. The van der Waals surface area contributed by atoms with E-state index < -0.39 is 11.6 Å². The third-order valence-electron chi connectivity index (χ3n) is 2.68. The van der Waals surface area contributed by atoms with Crippen LogP contribution < -0.4 is 0 Å². The molecular formula is C10H16O3. The maximum atomic E-state index is 10.6. The Balaban J connectivity index is 2.61. The molecule has 3 heteroatoms. The molecule has 0 spiro atoms. The normalized spacial score (nSPS) is 23.9. The summed E-state index contributed by atoms with van der Waals surface area (Å²) >= 11 is 0. The number of carboxylic acid groups (broad SMARTS) is 1. The number of carboxylic acids is 1. The van der Waals surface area contributed by atoms with Gasteiger partial charge in [-0.15, -0.1) is 0 Å². The summed E-state index contributed by atoms with van der Waals surface area (Å²) in [5.41, 5.74) is -0.207. The Hall–Kier alpha value is -0.830. The molecule has 2 N–H and O–H groups in total. The molecule has 0 radical (unpaired) electrons. The zero-order valence-electron chi connectivity index (χ0n) is 8.08. The van der Waals surface area contributed by atoms with Crippen LogP contribution in [0.2, 0.25) is 0 Å². The van der Waals surface area contributed by atoms with Gasteiger partial charge in [-0.2, -0.15) is 0 Å². The second kappa shape index (κ2) is 3.50. The number of aliphatic hydroxyl groups is 1. The van der Waals surface area contributed by atoms with Crippen molar-refractivity contribution in [1.82, 2.24) is 0 Å². The molecule has 0 unspecified atom stereocenters. The van der Waals surface area contributed by atoms with Crippen molar-refractivity contribution >= 4 is 5.97 Å². The van der Waals surface area contributed by atoms with E-state index in [-0.39, 0.29) is 5.92 Å². The first kappa shape index (κ1) is 10.3. The lowest BCUT2D eigenvalue weighted by atomic mass is 9.79. The topological polar surface area (TPSA) is 57.5 Å². The quantitative estimate of drug-likeness (QED) is 0.684. The van der Waals surface area contributed by atoms with Gasteiger partial charge in [0.1, 0.15) is 0 Å². The third kappa shape index (κ3) is 2.56. The highest BCUT2D eigenvalue weighted by molar-refractivity contribution is 5.86. The molecule has 0 aromatic heterocycles. The van der Waals surface area contributed by atoms with Gasteiger partial charge in [-0.3, -0.25) is 0 Å². The van der Waals surface area contributed by atoms with Crippen molar-refractivity contribution in [2.45, 2.75) is 38.7 Å². The van der Waals surface area contributed by atoms with Crippen molar-refractivity contribution in [3.8, 4) is 0 Å². The minimum absolute atomic E-state index is 0.190. The van der Waals surface area contributed by atoms with E-state index in [0.717, 1.165) is 6.42 Å². The van der Waals surface area contributed by atoms with E-state index in [1.807, 2.05) is 0 Å². The van der Waals surface area contributed by atoms with E-state index in [1.165, 1.54) is 0 Å². The average Bonchev–Trinajstić information content (AvgIpc) is 2.03. The van der Waals surface area contributed by atoms with Crippen LogP contribution in [0.3, 0.4) is 0 Å². The van der Waals surface area contributed by atoms with Gasteiger partial charge in [0.2, 0.25) is 0 Å². The standard InChI is InChI=1S/C10H16O3/c1-10(2,13)8-5-3-7(4-6-8)9(11)12/h3,8,13H,4-6H2,1-2H3,(H,11,12)/t8-/m0/s1. The van der Waals surface area contributed by atoms with Gasteiger partial charge >= 0.3 is 5.97 Å². The first-order valence-electron chi connectivity index (χ1n) is 4.56. The summed E-state index contributed by atoms with van der Waals surface area (Å²) in [6.45, 7) is 3.55. The van der Waals surface area contributed by atoms with Crippen LogP contribution in [0.1, 0.15) is 33.1 Å². The molecule has 0 aliphatic heterocycles. The van der Waals surface area contributed by atoms with Crippen molar-refractivity contribution in [3.63, 3.8) is 0 Å². The summed E-state index contributed by atoms with van der Waals surface area (Å²) < 4.78 is 0. The van der Waals surface area contributed by atoms with Gasteiger partial charge < -0.3 is 10.2 Å². The Morgan fingerprint density at radius 1 is 1.62 bits per heavy atom. The molecule has 1 aliphatic carbocycles. The molecule has 13 heavy (non-hydrogen) atoms. The highest BCUT2D eigenvalue weighted by Gasteiger charge is 2.29. The summed E-state index contributed by atoms with van der Waals surface area (Å²) in [6, 6.07) is 0. The van der Waals surface area contributed by atoms with Crippen LogP contribution in [-0.4, -0.2) is 21.8 Å². The van der Waals surface area contributed by atoms with Crippen LogP contribution >= 0.6 is 0 Å². The van der Waals surface area contributed by atoms with Gasteiger partial charge in [-0.25, -0.2) is 4.79 Å². The number of rotatable bonds is 2. The molecule has 3 nitrogen and oxygen atoms in total. The van der Waals surface area contributed by atoms with Crippen molar-refractivity contribution in [2.24, 2.45) is 5.92 Å². The molecule has 74 valence electrons. The van der Waals surface area contributed by atoms with Gasteiger partial charge in [-0.1, -0.05) is 6.08 Å². The summed E-state index contributed by atoms with van der Waals surface area (Å²) in [5.74, 6) is -0.634. The summed E-state index contributed by atoms with van der Waals surface area (Å²) in [7, 11) is 0. The Bertz CT molecular complexity index is 235. The zero-order chi connectivity index (χ0) is 10.1.